The van der Waals surface area contributed by atoms with Crippen molar-refractivity contribution in [1.29, 1.82) is 0 Å². The predicted molar refractivity (Wildman–Crippen MR) is 107 cm³/mol. The number of amides is 2. The second-order valence-corrected chi connectivity index (χ2v) is 6.61. The van der Waals surface area contributed by atoms with Crippen LogP contribution in [0.25, 0.3) is 5.52 Å². The van der Waals surface area contributed by atoms with E-state index < -0.39 is 5.91 Å². The Morgan fingerprint density at radius 2 is 1.83 bits per heavy atom. The molecular formula is C22H20N4O3. The number of fused-ring (bicyclic) bond motifs is 1. The molecule has 1 aromatic carbocycles. The summed E-state index contributed by atoms with van der Waals surface area (Å²) in [5, 5.41) is 5.71. The molecule has 146 valence electrons. The minimum Gasteiger partial charge on any atom is -0.467 e. The third-order valence-electron chi connectivity index (χ3n) is 4.62. The molecule has 7 heteroatoms. The van der Waals surface area contributed by atoms with Crippen molar-refractivity contribution in [2.24, 2.45) is 0 Å². The maximum Gasteiger partial charge on any atom is 0.288 e. The molecule has 4 aromatic rings. The number of nitrogens with one attached hydrogen (secondary N) is 2. The first kappa shape index (κ1) is 18.5. The van der Waals surface area contributed by atoms with Gasteiger partial charge >= 0.3 is 0 Å². The van der Waals surface area contributed by atoms with Crippen molar-refractivity contribution in [3.05, 3.63) is 96.0 Å². The molecular weight excluding hydrogens is 368 g/mol. The highest BCUT2D eigenvalue weighted by molar-refractivity contribution is 6.02. The number of hydrogen-bond acceptors (Lipinski definition) is 4. The van der Waals surface area contributed by atoms with Crippen LogP contribution in [0.4, 0.5) is 0 Å². The highest BCUT2D eigenvalue weighted by Crippen LogP contribution is 2.16. The van der Waals surface area contributed by atoms with Crippen LogP contribution < -0.4 is 10.6 Å². The van der Waals surface area contributed by atoms with Gasteiger partial charge in [-0.1, -0.05) is 36.4 Å². The Bertz CT molecular complexity index is 1130. The first-order valence-electron chi connectivity index (χ1n) is 9.27. The molecule has 2 amide bonds. The van der Waals surface area contributed by atoms with E-state index in [0.717, 1.165) is 5.56 Å². The minimum atomic E-state index is -0.391. The fraction of sp³-hybridized carbons (Fsp3) is 0.136. The maximum absolute atomic E-state index is 12.9. The number of imidazole rings is 1. The molecule has 0 saturated carbocycles. The van der Waals surface area contributed by atoms with Gasteiger partial charge in [0.25, 0.3) is 11.8 Å². The average Bonchev–Trinajstić information content (AvgIpc) is 3.40. The van der Waals surface area contributed by atoms with Gasteiger partial charge in [-0.3, -0.25) is 14.0 Å². The van der Waals surface area contributed by atoms with Crippen LogP contribution in [0.15, 0.2) is 77.5 Å². The fourth-order valence-electron chi connectivity index (χ4n) is 3.11. The molecule has 3 aromatic heterocycles. The largest absolute Gasteiger partial charge is 0.467 e. The van der Waals surface area contributed by atoms with Gasteiger partial charge in [0.2, 0.25) is 5.82 Å². The zero-order chi connectivity index (χ0) is 20.2. The van der Waals surface area contributed by atoms with E-state index in [-0.39, 0.29) is 30.0 Å². The van der Waals surface area contributed by atoms with Crippen LogP contribution in [0.3, 0.4) is 0 Å². The monoisotopic (exact) mass is 388 g/mol. The summed E-state index contributed by atoms with van der Waals surface area (Å²) in [5.41, 5.74) is 1.76. The number of rotatable bonds is 6. The van der Waals surface area contributed by atoms with E-state index in [0.29, 0.717) is 11.3 Å². The molecule has 0 aliphatic heterocycles. The molecule has 0 radical (unpaired) electrons. The van der Waals surface area contributed by atoms with Crippen LogP contribution in [-0.4, -0.2) is 21.2 Å². The van der Waals surface area contributed by atoms with E-state index in [4.69, 9.17) is 4.42 Å². The molecule has 0 spiro atoms. The second-order valence-electron chi connectivity index (χ2n) is 6.61. The third-order valence-corrected chi connectivity index (χ3v) is 4.62. The normalized spacial score (nSPS) is 11.9. The Morgan fingerprint density at radius 1 is 1.03 bits per heavy atom. The quantitative estimate of drug-likeness (QED) is 0.530. The molecule has 7 nitrogen and oxygen atoms in total. The van der Waals surface area contributed by atoms with Crippen molar-refractivity contribution in [2.75, 3.05) is 0 Å². The van der Waals surface area contributed by atoms with Crippen molar-refractivity contribution in [3.8, 4) is 0 Å². The van der Waals surface area contributed by atoms with E-state index in [1.165, 1.54) is 0 Å². The van der Waals surface area contributed by atoms with Gasteiger partial charge in [-0.25, -0.2) is 4.98 Å². The zero-order valence-electron chi connectivity index (χ0n) is 15.8. The molecule has 0 saturated heterocycles. The molecule has 1 unspecified atom stereocenters. The summed E-state index contributed by atoms with van der Waals surface area (Å²) in [4.78, 5) is 29.9. The lowest BCUT2D eigenvalue weighted by molar-refractivity contribution is 0.0935. The van der Waals surface area contributed by atoms with Gasteiger partial charge in [-0.2, -0.15) is 0 Å². The van der Waals surface area contributed by atoms with E-state index in [9.17, 15) is 9.59 Å². The SMILES string of the molecule is CC(NC(=O)c1nc(C(=O)NCc2ccco2)n2ccccc12)c1ccccc1. The second kappa shape index (κ2) is 8.02. The standard InChI is InChI=1S/C22H20N4O3/c1-15(16-8-3-2-4-9-16)24-21(27)19-18-11-5-6-12-26(18)20(25-19)22(28)23-14-17-10-7-13-29-17/h2-13,15H,14H2,1H3,(H,23,28)(H,24,27). The van der Waals surface area contributed by atoms with Crippen molar-refractivity contribution >= 4 is 17.3 Å². The molecule has 0 aliphatic carbocycles. The molecule has 0 bridgehead atoms. The molecule has 29 heavy (non-hydrogen) atoms. The number of nitrogens with zero attached hydrogens (tertiary/aromatic N) is 2. The number of furan rings is 1. The lowest BCUT2D eigenvalue weighted by Gasteiger charge is -2.13. The van der Waals surface area contributed by atoms with Gasteiger partial charge in [0.1, 0.15) is 5.76 Å². The number of aromatic nitrogens is 2. The fourth-order valence-corrected chi connectivity index (χ4v) is 3.11. The van der Waals surface area contributed by atoms with Crippen LogP contribution in [0.2, 0.25) is 0 Å². The first-order valence-corrected chi connectivity index (χ1v) is 9.27. The van der Waals surface area contributed by atoms with Gasteiger partial charge in [-0.05, 0) is 36.8 Å². The number of carbonyl (C=O) groups is 2. The van der Waals surface area contributed by atoms with Crippen LogP contribution in [0, 0.1) is 0 Å². The van der Waals surface area contributed by atoms with E-state index >= 15 is 0 Å². The Kier molecular flexibility index (Phi) is 5.11. The lowest BCUT2D eigenvalue weighted by atomic mass is 10.1. The van der Waals surface area contributed by atoms with Gasteiger partial charge in [0.15, 0.2) is 5.69 Å². The van der Waals surface area contributed by atoms with Crippen molar-refractivity contribution in [3.63, 3.8) is 0 Å². The average molecular weight is 388 g/mol. The molecule has 1 atom stereocenters. The number of benzene rings is 1. The predicted octanol–water partition coefficient (Wildman–Crippen LogP) is 3.35. The van der Waals surface area contributed by atoms with Crippen LogP contribution in [-0.2, 0) is 6.54 Å². The summed E-state index contributed by atoms with van der Waals surface area (Å²) in [6.07, 6.45) is 3.25. The summed E-state index contributed by atoms with van der Waals surface area (Å²) in [7, 11) is 0. The van der Waals surface area contributed by atoms with Gasteiger partial charge in [0, 0.05) is 6.20 Å². The summed E-state index contributed by atoms with van der Waals surface area (Å²) in [6, 6.07) is 18.3. The highest BCUT2D eigenvalue weighted by atomic mass is 16.3. The van der Waals surface area contributed by atoms with E-state index in [1.807, 2.05) is 37.3 Å². The van der Waals surface area contributed by atoms with Crippen LogP contribution >= 0.6 is 0 Å². The Labute approximate surface area is 167 Å². The van der Waals surface area contributed by atoms with E-state index in [2.05, 4.69) is 15.6 Å². The van der Waals surface area contributed by atoms with Crippen LogP contribution in [0.1, 0.15) is 45.4 Å². The summed E-state index contributed by atoms with van der Waals surface area (Å²) in [5.74, 6) is 0.0476. The number of carbonyl (C=O) groups excluding carboxylic acids is 2. The van der Waals surface area contributed by atoms with Crippen molar-refractivity contribution < 1.29 is 14.0 Å². The summed E-state index contributed by atoms with van der Waals surface area (Å²) in [6.45, 7) is 2.14. The first-order chi connectivity index (χ1) is 14.1. The highest BCUT2D eigenvalue weighted by Gasteiger charge is 2.22. The zero-order valence-corrected chi connectivity index (χ0v) is 15.8. The lowest BCUT2D eigenvalue weighted by Crippen LogP contribution is -2.27. The Balaban J connectivity index is 1.58. The summed E-state index contributed by atoms with van der Waals surface area (Å²) >= 11 is 0. The Hall–Kier alpha value is -3.87. The molecule has 0 aliphatic rings. The molecule has 0 fully saturated rings. The Morgan fingerprint density at radius 3 is 2.59 bits per heavy atom. The molecule has 4 rings (SSSR count). The van der Waals surface area contributed by atoms with E-state index in [1.54, 1.807) is 47.2 Å². The van der Waals surface area contributed by atoms with Gasteiger partial charge < -0.3 is 15.1 Å². The number of hydrogen-bond donors (Lipinski definition) is 2. The maximum atomic E-state index is 12.9. The topological polar surface area (TPSA) is 88.6 Å². The number of pyridine rings is 1. The third kappa shape index (κ3) is 3.89. The molecule has 3 heterocycles. The van der Waals surface area contributed by atoms with Gasteiger partial charge in [-0.15, -0.1) is 0 Å². The van der Waals surface area contributed by atoms with Crippen LogP contribution in [0.5, 0.6) is 0 Å². The summed E-state index contributed by atoms with van der Waals surface area (Å²) < 4.78 is 6.84. The minimum absolute atomic E-state index is 0.143. The van der Waals surface area contributed by atoms with Crippen molar-refractivity contribution in [1.82, 2.24) is 20.0 Å². The van der Waals surface area contributed by atoms with Gasteiger partial charge in [0.05, 0.1) is 24.4 Å². The smallest absolute Gasteiger partial charge is 0.288 e. The van der Waals surface area contributed by atoms with Crippen molar-refractivity contribution in [2.45, 2.75) is 19.5 Å². The molecule has 2 N–H and O–H groups in total.